The maximum absolute atomic E-state index is 12.3. The van der Waals surface area contributed by atoms with E-state index < -0.39 is 0 Å². The molecule has 0 aliphatic heterocycles. The summed E-state index contributed by atoms with van der Waals surface area (Å²) in [5.74, 6) is 1.00. The fourth-order valence-electron chi connectivity index (χ4n) is 3.80. The van der Waals surface area contributed by atoms with Gasteiger partial charge in [0.05, 0.1) is 11.0 Å². The molecule has 1 aromatic heterocycles. The lowest BCUT2D eigenvalue weighted by molar-refractivity contribution is 0.0953. The van der Waals surface area contributed by atoms with Crippen LogP contribution >= 0.6 is 11.6 Å². The molecule has 0 unspecified atom stereocenters. The number of fused-ring (bicyclic) bond motifs is 1. The number of hydrogen-bond donors (Lipinski definition) is 1. The summed E-state index contributed by atoms with van der Waals surface area (Å²) in [6, 6.07) is 25.8. The van der Waals surface area contributed by atoms with Crippen molar-refractivity contribution in [3.8, 4) is 0 Å². The van der Waals surface area contributed by atoms with Crippen molar-refractivity contribution < 1.29 is 4.79 Å². The summed E-state index contributed by atoms with van der Waals surface area (Å²) >= 11 is 5.89. The van der Waals surface area contributed by atoms with E-state index in [1.54, 1.807) is 24.3 Å². The Balaban J connectivity index is 1.36. The largest absolute Gasteiger partial charge is 0.352 e. The van der Waals surface area contributed by atoms with E-state index >= 15 is 0 Å². The summed E-state index contributed by atoms with van der Waals surface area (Å²) in [5.41, 5.74) is 4.19. The summed E-state index contributed by atoms with van der Waals surface area (Å²) < 4.78 is 2.33. The third-order valence-corrected chi connectivity index (χ3v) is 5.64. The van der Waals surface area contributed by atoms with Crippen LogP contribution < -0.4 is 5.32 Å². The van der Waals surface area contributed by atoms with Crippen LogP contribution in [0.4, 0.5) is 0 Å². The Kier molecular flexibility index (Phi) is 7.00. The molecule has 5 heteroatoms. The first-order chi connectivity index (χ1) is 15.2. The zero-order valence-electron chi connectivity index (χ0n) is 17.4. The molecular weight excluding hydrogens is 406 g/mol. The van der Waals surface area contributed by atoms with Gasteiger partial charge >= 0.3 is 0 Å². The maximum atomic E-state index is 12.3. The number of halogens is 1. The molecule has 0 saturated heterocycles. The third-order valence-electron chi connectivity index (χ3n) is 5.39. The van der Waals surface area contributed by atoms with Gasteiger partial charge in [0.2, 0.25) is 0 Å². The van der Waals surface area contributed by atoms with Crippen molar-refractivity contribution in [1.82, 2.24) is 14.9 Å². The number of carbonyl (C=O) groups is 1. The highest BCUT2D eigenvalue weighted by Crippen LogP contribution is 2.18. The number of imidazole rings is 1. The minimum absolute atomic E-state index is 0.0759. The number of nitrogens with zero attached hydrogens (tertiary/aromatic N) is 2. The van der Waals surface area contributed by atoms with E-state index in [-0.39, 0.29) is 5.91 Å². The van der Waals surface area contributed by atoms with Gasteiger partial charge in [0.1, 0.15) is 5.82 Å². The third kappa shape index (κ3) is 5.53. The molecule has 0 atom stereocenters. The predicted molar refractivity (Wildman–Crippen MR) is 127 cm³/mol. The number of nitrogens with one attached hydrogen (secondary N) is 1. The van der Waals surface area contributed by atoms with E-state index in [0.29, 0.717) is 17.1 Å². The Morgan fingerprint density at radius 1 is 0.871 bits per heavy atom. The van der Waals surface area contributed by atoms with Crippen LogP contribution in [0.5, 0.6) is 0 Å². The van der Waals surface area contributed by atoms with Crippen molar-refractivity contribution in [2.75, 3.05) is 6.54 Å². The molecule has 0 spiro atoms. The molecule has 3 aromatic carbocycles. The molecule has 1 heterocycles. The molecule has 4 aromatic rings. The summed E-state index contributed by atoms with van der Waals surface area (Å²) in [5, 5.41) is 3.62. The zero-order valence-corrected chi connectivity index (χ0v) is 18.2. The maximum Gasteiger partial charge on any atom is 0.251 e. The van der Waals surface area contributed by atoms with Crippen LogP contribution in [-0.2, 0) is 19.4 Å². The number of rotatable bonds is 9. The van der Waals surface area contributed by atoms with Gasteiger partial charge in [0.15, 0.2) is 0 Å². The average Bonchev–Trinajstić information content (AvgIpc) is 3.15. The van der Waals surface area contributed by atoms with Crippen LogP contribution in [0, 0.1) is 0 Å². The minimum Gasteiger partial charge on any atom is -0.352 e. The van der Waals surface area contributed by atoms with Gasteiger partial charge in [0, 0.05) is 30.1 Å². The smallest absolute Gasteiger partial charge is 0.251 e. The number of para-hydroxylation sites is 2. The second-order valence-electron chi connectivity index (χ2n) is 7.62. The molecule has 31 heavy (non-hydrogen) atoms. The van der Waals surface area contributed by atoms with Crippen LogP contribution in [-0.4, -0.2) is 22.0 Å². The molecule has 0 radical (unpaired) electrons. The van der Waals surface area contributed by atoms with Crippen LogP contribution in [0.25, 0.3) is 11.0 Å². The Hall–Kier alpha value is -3.11. The second-order valence-corrected chi connectivity index (χ2v) is 8.06. The Bertz CT molecular complexity index is 1140. The second kappa shape index (κ2) is 10.3. The number of carbonyl (C=O) groups excluding carboxylic acids is 1. The van der Waals surface area contributed by atoms with Crippen molar-refractivity contribution in [3.63, 3.8) is 0 Å². The first kappa shape index (κ1) is 21.1. The molecular formula is C26H26ClN3O. The van der Waals surface area contributed by atoms with Crippen molar-refractivity contribution in [2.24, 2.45) is 0 Å². The Morgan fingerprint density at radius 2 is 1.61 bits per heavy atom. The highest BCUT2D eigenvalue weighted by atomic mass is 35.5. The predicted octanol–water partition coefficient (Wildman–Crippen LogP) is 5.69. The molecule has 1 amide bonds. The van der Waals surface area contributed by atoms with Crippen molar-refractivity contribution >= 4 is 28.5 Å². The molecule has 4 nitrogen and oxygen atoms in total. The molecule has 0 bridgehead atoms. The SMILES string of the molecule is O=C(NCCCc1nc2ccccc2n1CCCc1ccccc1)c1ccc(Cl)cc1. The van der Waals surface area contributed by atoms with Crippen molar-refractivity contribution in [3.05, 3.63) is 101 Å². The first-order valence-corrected chi connectivity index (χ1v) is 11.1. The number of amides is 1. The fourth-order valence-corrected chi connectivity index (χ4v) is 3.93. The van der Waals surface area contributed by atoms with E-state index in [4.69, 9.17) is 16.6 Å². The van der Waals surface area contributed by atoms with Crippen LogP contribution in [0.3, 0.4) is 0 Å². The molecule has 0 aliphatic rings. The van der Waals surface area contributed by atoms with Crippen LogP contribution in [0.15, 0.2) is 78.9 Å². The summed E-state index contributed by atoms with van der Waals surface area (Å²) in [6.45, 7) is 1.54. The van der Waals surface area contributed by atoms with Crippen LogP contribution in [0.2, 0.25) is 5.02 Å². The first-order valence-electron chi connectivity index (χ1n) is 10.7. The van der Waals surface area contributed by atoms with Gasteiger partial charge < -0.3 is 9.88 Å². The molecule has 1 N–H and O–H groups in total. The van der Waals surface area contributed by atoms with Gasteiger partial charge in [-0.1, -0.05) is 54.1 Å². The summed E-state index contributed by atoms with van der Waals surface area (Å²) in [7, 11) is 0. The van der Waals surface area contributed by atoms with Crippen molar-refractivity contribution in [2.45, 2.75) is 32.2 Å². The lowest BCUT2D eigenvalue weighted by Crippen LogP contribution is -2.25. The van der Waals surface area contributed by atoms with E-state index in [1.807, 2.05) is 6.07 Å². The molecule has 4 rings (SSSR count). The molecule has 0 fully saturated rings. The van der Waals surface area contributed by atoms with E-state index in [9.17, 15) is 4.79 Å². The lowest BCUT2D eigenvalue weighted by atomic mass is 10.1. The number of hydrogen-bond acceptors (Lipinski definition) is 2. The average molecular weight is 432 g/mol. The minimum atomic E-state index is -0.0759. The van der Waals surface area contributed by atoms with Crippen molar-refractivity contribution in [1.29, 1.82) is 0 Å². The molecule has 0 aliphatic carbocycles. The topological polar surface area (TPSA) is 46.9 Å². The van der Waals surface area contributed by atoms with Gasteiger partial charge in [0.25, 0.3) is 5.91 Å². The van der Waals surface area contributed by atoms with Gasteiger partial charge in [-0.2, -0.15) is 0 Å². The standard InChI is InChI=1S/C26H26ClN3O/c27-22-16-14-21(15-17-22)26(31)28-18-6-13-25-29-23-11-4-5-12-24(23)30(25)19-7-10-20-8-2-1-3-9-20/h1-5,8-9,11-12,14-17H,6-7,10,13,18-19H2,(H,28,31). The zero-order chi connectivity index (χ0) is 21.5. The summed E-state index contributed by atoms with van der Waals surface area (Å²) in [4.78, 5) is 17.1. The monoisotopic (exact) mass is 431 g/mol. The number of benzene rings is 3. The van der Waals surface area contributed by atoms with Gasteiger partial charge in [-0.05, 0) is 61.2 Å². The lowest BCUT2D eigenvalue weighted by Gasteiger charge is -2.10. The van der Waals surface area contributed by atoms with E-state index in [2.05, 4.69) is 58.4 Å². The number of aromatic nitrogens is 2. The van der Waals surface area contributed by atoms with Crippen LogP contribution in [0.1, 0.15) is 34.6 Å². The van der Waals surface area contributed by atoms with E-state index in [0.717, 1.165) is 43.6 Å². The number of aryl methyl sites for hydroxylation is 3. The van der Waals surface area contributed by atoms with E-state index in [1.165, 1.54) is 11.1 Å². The Labute approximate surface area is 187 Å². The summed E-state index contributed by atoms with van der Waals surface area (Å²) in [6.07, 6.45) is 3.76. The highest BCUT2D eigenvalue weighted by Gasteiger charge is 2.11. The Morgan fingerprint density at radius 3 is 2.42 bits per heavy atom. The normalized spacial score (nSPS) is 11.0. The molecule has 0 saturated carbocycles. The van der Waals surface area contributed by atoms with Gasteiger partial charge in [-0.3, -0.25) is 4.79 Å². The highest BCUT2D eigenvalue weighted by molar-refractivity contribution is 6.30. The quantitative estimate of drug-likeness (QED) is 0.346. The van der Waals surface area contributed by atoms with Gasteiger partial charge in [-0.15, -0.1) is 0 Å². The fraction of sp³-hybridized carbons (Fsp3) is 0.231. The van der Waals surface area contributed by atoms with Gasteiger partial charge in [-0.25, -0.2) is 4.98 Å². The molecule has 158 valence electrons.